The molecule has 0 fully saturated rings. The fraction of sp³-hybridized carbons (Fsp3) is 0.0833. The van der Waals surface area contributed by atoms with Gasteiger partial charge in [-0.2, -0.15) is 9.78 Å². The van der Waals surface area contributed by atoms with Gasteiger partial charge in [0.2, 0.25) is 0 Å². The molecular weight excluding hydrogens is 510 g/mol. The van der Waals surface area contributed by atoms with Gasteiger partial charge in [-0.05, 0) is 61.0 Å². The summed E-state index contributed by atoms with van der Waals surface area (Å²) in [7, 11) is 0. The van der Waals surface area contributed by atoms with Crippen molar-refractivity contribution in [1.82, 2.24) is 9.66 Å². The molecule has 1 N–H and O–H groups in total. The molecule has 1 aromatic heterocycles. The van der Waals surface area contributed by atoms with Gasteiger partial charge in [0.1, 0.15) is 18.2 Å². The Morgan fingerprint density at radius 2 is 1.94 bits per heavy atom. The van der Waals surface area contributed by atoms with E-state index in [0.717, 1.165) is 10.0 Å². The molecular formula is C24H17BrClN3O4. The van der Waals surface area contributed by atoms with Gasteiger partial charge in [0.05, 0.1) is 22.7 Å². The molecule has 0 saturated carbocycles. The van der Waals surface area contributed by atoms with Crippen molar-refractivity contribution in [2.75, 3.05) is 0 Å². The smallest absolute Gasteiger partial charge is 0.335 e. The number of ether oxygens (including phenoxy) is 1. The van der Waals surface area contributed by atoms with Crippen LogP contribution < -0.4 is 10.3 Å². The summed E-state index contributed by atoms with van der Waals surface area (Å²) in [6.45, 7) is 1.92. The molecule has 0 aliphatic heterocycles. The number of carboxylic acids is 1. The SMILES string of the molecule is Cc1nc2ccc(Br)cc2c(=O)n1N=Cc1cc(Cl)ccc1OCc1ccc(C(=O)O)cc1. The molecule has 3 aromatic carbocycles. The third kappa shape index (κ3) is 5.13. The molecule has 4 rings (SSSR count). The Kier molecular flexibility index (Phi) is 6.57. The number of halogens is 2. The quantitative estimate of drug-likeness (QED) is 0.345. The van der Waals surface area contributed by atoms with Gasteiger partial charge in [-0.3, -0.25) is 4.79 Å². The first-order valence-corrected chi connectivity index (χ1v) is 11.0. The Morgan fingerprint density at radius 1 is 1.18 bits per heavy atom. The van der Waals surface area contributed by atoms with Gasteiger partial charge in [-0.15, -0.1) is 0 Å². The Hall–Kier alpha value is -3.49. The topological polar surface area (TPSA) is 93.8 Å². The maximum Gasteiger partial charge on any atom is 0.335 e. The first-order chi connectivity index (χ1) is 15.8. The lowest BCUT2D eigenvalue weighted by molar-refractivity contribution is 0.0697. The highest BCUT2D eigenvalue weighted by Crippen LogP contribution is 2.23. The van der Waals surface area contributed by atoms with E-state index in [9.17, 15) is 9.59 Å². The number of fused-ring (bicyclic) bond motifs is 1. The Morgan fingerprint density at radius 3 is 2.67 bits per heavy atom. The number of benzene rings is 3. The van der Waals surface area contributed by atoms with Crippen LogP contribution in [0.3, 0.4) is 0 Å². The molecule has 9 heteroatoms. The summed E-state index contributed by atoms with van der Waals surface area (Å²) in [6.07, 6.45) is 1.49. The molecule has 0 spiro atoms. The second-order valence-electron chi connectivity index (χ2n) is 7.15. The van der Waals surface area contributed by atoms with Crippen LogP contribution in [0.4, 0.5) is 0 Å². The zero-order valence-electron chi connectivity index (χ0n) is 17.3. The zero-order chi connectivity index (χ0) is 23.5. The lowest BCUT2D eigenvalue weighted by Gasteiger charge is -2.10. The van der Waals surface area contributed by atoms with Crippen LogP contribution in [0.15, 0.2) is 75.0 Å². The summed E-state index contributed by atoms with van der Waals surface area (Å²) in [5.74, 6) is -0.0403. The molecule has 0 amide bonds. The van der Waals surface area contributed by atoms with Crippen molar-refractivity contribution in [1.29, 1.82) is 0 Å². The summed E-state index contributed by atoms with van der Waals surface area (Å²) in [5, 5.41) is 14.3. The Labute approximate surface area is 202 Å². The van der Waals surface area contributed by atoms with Gasteiger partial charge in [-0.25, -0.2) is 9.78 Å². The number of carbonyl (C=O) groups is 1. The predicted octanol–water partition coefficient (Wildman–Crippen LogP) is 5.28. The second-order valence-corrected chi connectivity index (χ2v) is 8.51. The largest absolute Gasteiger partial charge is 0.488 e. The third-order valence-electron chi connectivity index (χ3n) is 4.85. The lowest BCUT2D eigenvalue weighted by atomic mass is 10.1. The molecule has 166 valence electrons. The highest BCUT2D eigenvalue weighted by molar-refractivity contribution is 9.10. The van der Waals surface area contributed by atoms with Crippen LogP contribution >= 0.6 is 27.5 Å². The van der Waals surface area contributed by atoms with Crippen LogP contribution in [0.5, 0.6) is 5.75 Å². The minimum Gasteiger partial charge on any atom is -0.488 e. The number of aryl methyl sites for hydroxylation is 1. The van der Waals surface area contributed by atoms with E-state index < -0.39 is 5.97 Å². The lowest BCUT2D eigenvalue weighted by Crippen LogP contribution is -2.20. The molecule has 7 nitrogen and oxygen atoms in total. The Balaban J connectivity index is 1.63. The number of rotatable bonds is 6. The number of aromatic nitrogens is 2. The predicted molar refractivity (Wildman–Crippen MR) is 131 cm³/mol. The summed E-state index contributed by atoms with van der Waals surface area (Å²) in [4.78, 5) is 28.4. The summed E-state index contributed by atoms with van der Waals surface area (Å²) < 4.78 is 7.91. The number of carboxylic acid groups (broad SMARTS) is 1. The number of hydrogen-bond donors (Lipinski definition) is 1. The van der Waals surface area contributed by atoms with Crippen molar-refractivity contribution in [3.8, 4) is 5.75 Å². The standard InChI is InChI=1S/C24H17BrClN3O4/c1-14-28-21-8-6-18(25)11-20(21)23(30)29(14)27-12-17-10-19(26)7-9-22(17)33-13-15-2-4-16(5-3-15)24(31)32/h2-12H,13H2,1H3,(H,31,32). The van der Waals surface area contributed by atoms with E-state index in [4.69, 9.17) is 21.4 Å². The second kappa shape index (κ2) is 9.56. The first kappa shape index (κ1) is 22.7. The molecule has 0 atom stereocenters. The molecule has 0 aliphatic carbocycles. The van der Waals surface area contributed by atoms with E-state index in [2.05, 4.69) is 26.0 Å². The normalized spacial score (nSPS) is 11.2. The maximum absolute atomic E-state index is 13.0. The van der Waals surface area contributed by atoms with Gasteiger partial charge in [-0.1, -0.05) is 39.7 Å². The van der Waals surface area contributed by atoms with Gasteiger partial charge >= 0.3 is 5.97 Å². The molecule has 1 heterocycles. The summed E-state index contributed by atoms with van der Waals surface area (Å²) in [5.41, 5.74) is 1.88. The van der Waals surface area contributed by atoms with E-state index in [0.29, 0.717) is 33.1 Å². The van der Waals surface area contributed by atoms with Crippen LogP contribution in [0, 0.1) is 6.92 Å². The van der Waals surface area contributed by atoms with E-state index in [-0.39, 0.29) is 17.7 Å². The molecule has 4 aromatic rings. The minimum absolute atomic E-state index is 0.204. The van der Waals surface area contributed by atoms with Crippen molar-refractivity contribution in [2.45, 2.75) is 13.5 Å². The Bertz CT molecular complexity index is 1450. The van der Waals surface area contributed by atoms with Crippen molar-refractivity contribution in [2.24, 2.45) is 5.10 Å². The van der Waals surface area contributed by atoms with E-state index >= 15 is 0 Å². The summed E-state index contributed by atoms with van der Waals surface area (Å²) >= 11 is 9.54. The van der Waals surface area contributed by atoms with Gasteiger partial charge in [0, 0.05) is 15.1 Å². The van der Waals surface area contributed by atoms with Crippen LogP contribution in [-0.2, 0) is 6.61 Å². The highest BCUT2D eigenvalue weighted by Gasteiger charge is 2.09. The van der Waals surface area contributed by atoms with Crippen molar-refractivity contribution in [3.63, 3.8) is 0 Å². The molecule has 0 aliphatic rings. The molecule has 0 bridgehead atoms. The van der Waals surface area contributed by atoms with Crippen molar-refractivity contribution >= 4 is 50.6 Å². The van der Waals surface area contributed by atoms with Crippen LogP contribution in [0.25, 0.3) is 10.9 Å². The monoisotopic (exact) mass is 525 g/mol. The number of hydrogen-bond acceptors (Lipinski definition) is 5. The molecule has 0 unspecified atom stereocenters. The molecule has 33 heavy (non-hydrogen) atoms. The van der Waals surface area contributed by atoms with E-state index in [1.54, 1.807) is 49.4 Å². The average molecular weight is 527 g/mol. The van der Waals surface area contributed by atoms with Crippen LogP contribution in [-0.4, -0.2) is 27.0 Å². The maximum atomic E-state index is 13.0. The van der Waals surface area contributed by atoms with Crippen LogP contribution in [0.2, 0.25) is 5.02 Å². The number of nitrogens with zero attached hydrogens (tertiary/aromatic N) is 3. The molecule has 0 saturated heterocycles. The zero-order valence-corrected chi connectivity index (χ0v) is 19.7. The molecule has 0 radical (unpaired) electrons. The van der Waals surface area contributed by atoms with Crippen molar-refractivity contribution < 1.29 is 14.6 Å². The number of aromatic carboxylic acids is 1. The van der Waals surface area contributed by atoms with E-state index in [1.165, 1.54) is 23.0 Å². The fourth-order valence-corrected chi connectivity index (χ4v) is 3.71. The van der Waals surface area contributed by atoms with Gasteiger partial charge in [0.15, 0.2) is 0 Å². The van der Waals surface area contributed by atoms with Gasteiger partial charge in [0.25, 0.3) is 5.56 Å². The third-order valence-corrected chi connectivity index (χ3v) is 5.58. The van der Waals surface area contributed by atoms with Crippen LogP contribution in [0.1, 0.15) is 27.3 Å². The van der Waals surface area contributed by atoms with Gasteiger partial charge < -0.3 is 9.84 Å². The first-order valence-electron chi connectivity index (χ1n) is 9.79. The summed E-state index contributed by atoms with van der Waals surface area (Å²) in [6, 6.07) is 16.8. The fourth-order valence-electron chi connectivity index (χ4n) is 3.17. The average Bonchev–Trinajstić information content (AvgIpc) is 2.79. The highest BCUT2D eigenvalue weighted by atomic mass is 79.9. The van der Waals surface area contributed by atoms with Crippen molar-refractivity contribution in [3.05, 3.63) is 103 Å². The van der Waals surface area contributed by atoms with E-state index in [1.807, 2.05) is 6.07 Å². The minimum atomic E-state index is -0.986.